The molecule has 0 amide bonds. The molecule has 20 heavy (non-hydrogen) atoms. The zero-order chi connectivity index (χ0) is 14.9. The van der Waals surface area contributed by atoms with E-state index in [0.29, 0.717) is 0 Å². The van der Waals surface area contributed by atoms with Crippen LogP contribution < -0.4 is 0 Å². The topological polar surface area (TPSA) is 42.2 Å². The molecule has 1 N–H and O–H groups in total. The Morgan fingerprint density at radius 3 is 2.25 bits per heavy atom. The molecule has 0 aliphatic carbocycles. The van der Waals surface area contributed by atoms with E-state index in [1.807, 2.05) is 19.1 Å². The average Bonchev–Trinajstić information content (AvgIpc) is 2.76. The van der Waals surface area contributed by atoms with Gasteiger partial charge in [-0.3, -0.25) is 0 Å². The first-order chi connectivity index (χ1) is 9.27. The van der Waals surface area contributed by atoms with Gasteiger partial charge in [-0.15, -0.1) is 0 Å². The summed E-state index contributed by atoms with van der Waals surface area (Å²) < 4.78 is 39.4. The third kappa shape index (κ3) is 3.01. The van der Waals surface area contributed by atoms with Gasteiger partial charge in [0.15, 0.2) is 0 Å². The fourth-order valence-corrected chi connectivity index (χ4v) is 1.90. The van der Waals surface area contributed by atoms with Gasteiger partial charge >= 0.3 is 12.1 Å². The maximum absolute atomic E-state index is 12.7. The first-order valence-electron chi connectivity index (χ1n) is 5.83. The molecule has 1 heterocycles. The number of carboxylic acids is 1. The van der Waals surface area contributed by atoms with Crippen LogP contribution in [-0.2, 0) is 12.7 Å². The summed E-state index contributed by atoms with van der Waals surface area (Å²) in [7, 11) is 0. The summed E-state index contributed by atoms with van der Waals surface area (Å²) in [6.45, 7) is 2.10. The van der Waals surface area contributed by atoms with Crippen LogP contribution in [0.25, 0.3) is 0 Å². The van der Waals surface area contributed by atoms with Crippen LogP contribution in [-0.4, -0.2) is 15.6 Å². The van der Waals surface area contributed by atoms with Crippen molar-refractivity contribution in [2.75, 3.05) is 0 Å². The van der Waals surface area contributed by atoms with E-state index < -0.39 is 23.3 Å². The number of hydrogen-bond donors (Lipinski definition) is 1. The first kappa shape index (κ1) is 14.2. The third-order valence-electron chi connectivity index (χ3n) is 2.90. The molecule has 2 rings (SSSR count). The third-order valence-corrected chi connectivity index (χ3v) is 2.90. The SMILES string of the molecule is Cc1ccc(Cn2cc(C(=O)O)c(C(F)(F)F)c2)cc1. The summed E-state index contributed by atoms with van der Waals surface area (Å²) >= 11 is 0. The Labute approximate surface area is 113 Å². The number of aromatic carboxylic acids is 1. The number of aryl methyl sites for hydroxylation is 1. The summed E-state index contributed by atoms with van der Waals surface area (Å²) in [5.41, 5.74) is -0.0125. The number of benzene rings is 1. The Bertz CT molecular complexity index is 627. The highest BCUT2D eigenvalue weighted by Gasteiger charge is 2.36. The Hall–Kier alpha value is -2.24. The van der Waals surface area contributed by atoms with Crippen LogP contribution in [0.2, 0.25) is 0 Å². The zero-order valence-electron chi connectivity index (χ0n) is 10.6. The number of rotatable bonds is 3. The zero-order valence-corrected chi connectivity index (χ0v) is 10.6. The predicted octanol–water partition coefficient (Wildman–Crippen LogP) is 3.56. The fraction of sp³-hybridized carbons (Fsp3) is 0.214. The van der Waals surface area contributed by atoms with Gasteiger partial charge in [-0.2, -0.15) is 13.2 Å². The van der Waals surface area contributed by atoms with E-state index >= 15 is 0 Å². The number of nitrogens with zero attached hydrogens (tertiary/aromatic N) is 1. The van der Waals surface area contributed by atoms with Gasteiger partial charge < -0.3 is 9.67 Å². The predicted molar refractivity (Wildman–Crippen MR) is 66.7 cm³/mol. The molecule has 0 bridgehead atoms. The molecule has 0 atom stereocenters. The number of alkyl halides is 3. The standard InChI is InChI=1S/C14H12F3NO2/c1-9-2-4-10(5-3-9)6-18-7-11(13(19)20)12(8-18)14(15,16)17/h2-5,7-8H,6H2,1H3,(H,19,20). The number of aromatic nitrogens is 1. The van der Waals surface area contributed by atoms with Crippen molar-refractivity contribution in [1.29, 1.82) is 0 Å². The molecule has 3 nitrogen and oxygen atoms in total. The molecule has 0 fully saturated rings. The van der Waals surface area contributed by atoms with E-state index in [4.69, 9.17) is 5.11 Å². The van der Waals surface area contributed by atoms with Crippen molar-refractivity contribution >= 4 is 5.97 Å². The Kier molecular flexibility index (Phi) is 3.57. The van der Waals surface area contributed by atoms with Crippen molar-refractivity contribution < 1.29 is 23.1 Å². The molecule has 0 spiro atoms. The van der Waals surface area contributed by atoms with E-state index in [-0.39, 0.29) is 6.54 Å². The van der Waals surface area contributed by atoms with Gasteiger partial charge in [-0.25, -0.2) is 4.79 Å². The lowest BCUT2D eigenvalue weighted by molar-refractivity contribution is -0.138. The number of carboxylic acid groups (broad SMARTS) is 1. The van der Waals surface area contributed by atoms with E-state index in [9.17, 15) is 18.0 Å². The van der Waals surface area contributed by atoms with Crippen LogP contribution in [0, 0.1) is 6.92 Å². The second-order valence-electron chi connectivity index (χ2n) is 4.55. The first-order valence-corrected chi connectivity index (χ1v) is 5.83. The summed E-state index contributed by atoms with van der Waals surface area (Å²) in [4.78, 5) is 10.9. The average molecular weight is 283 g/mol. The monoisotopic (exact) mass is 283 g/mol. The Balaban J connectivity index is 2.34. The van der Waals surface area contributed by atoms with Crippen molar-refractivity contribution in [1.82, 2.24) is 4.57 Å². The molecule has 0 radical (unpaired) electrons. The summed E-state index contributed by atoms with van der Waals surface area (Å²) in [5, 5.41) is 8.83. The fourth-order valence-electron chi connectivity index (χ4n) is 1.90. The normalized spacial score (nSPS) is 11.6. The number of hydrogen-bond acceptors (Lipinski definition) is 1. The summed E-state index contributed by atoms with van der Waals surface area (Å²) in [6, 6.07) is 7.29. The highest BCUT2D eigenvalue weighted by molar-refractivity contribution is 5.89. The lowest BCUT2D eigenvalue weighted by Gasteiger charge is -2.05. The number of halogens is 3. The van der Waals surface area contributed by atoms with Crippen molar-refractivity contribution in [3.63, 3.8) is 0 Å². The smallest absolute Gasteiger partial charge is 0.418 e. The summed E-state index contributed by atoms with van der Waals surface area (Å²) in [6.07, 6.45) is -2.85. The quantitative estimate of drug-likeness (QED) is 0.935. The van der Waals surface area contributed by atoms with Crippen LogP contribution in [0.15, 0.2) is 36.7 Å². The maximum Gasteiger partial charge on any atom is 0.418 e. The number of carbonyl (C=O) groups is 1. The molecule has 0 saturated heterocycles. The lowest BCUT2D eigenvalue weighted by Crippen LogP contribution is -2.09. The molecule has 106 valence electrons. The van der Waals surface area contributed by atoms with Crippen molar-refractivity contribution in [3.05, 3.63) is 58.9 Å². The van der Waals surface area contributed by atoms with Crippen LogP contribution in [0.1, 0.15) is 27.0 Å². The van der Waals surface area contributed by atoms with Crippen LogP contribution >= 0.6 is 0 Å². The largest absolute Gasteiger partial charge is 0.478 e. The van der Waals surface area contributed by atoms with Gasteiger partial charge in [0.2, 0.25) is 0 Å². The van der Waals surface area contributed by atoms with E-state index in [2.05, 4.69) is 0 Å². The van der Waals surface area contributed by atoms with E-state index in [0.717, 1.165) is 23.5 Å². The van der Waals surface area contributed by atoms with E-state index in [1.54, 1.807) is 12.1 Å². The van der Waals surface area contributed by atoms with Crippen molar-refractivity contribution in [2.45, 2.75) is 19.6 Å². The minimum atomic E-state index is -4.67. The molecule has 0 unspecified atom stereocenters. The van der Waals surface area contributed by atoms with Crippen LogP contribution in [0.5, 0.6) is 0 Å². The van der Waals surface area contributed by atoms with Gasteiger partial charge in [0.1, 0.15) is 0 Å². The van der Waals surface area contributed by atoms with Crippen LogP contribution in [0.4, 0.5) is 13.2 Å². The van der Waals surface area contributed by atoms with Gasteiger partial charge in [0.05, 0.1) is 11.1 Å². The summed E-state index contributed by atoms with van der Waals surface area (Å²) in [5.74, 6) is -1.58. The molecule has 0 aliphatic rings. The van der Waals surface area contributed by atoms with Crippen molar-refractivity contribution in [2.24, 2.45) is 0 Å². The second kappa shape index (κ2) is 5.03. The van der Waals surface area contributed by atoms with Gasteiger partial charge in [0, 0.05) is 18.9 Å². The minimum absolute atomic E-state index is 0.191. The second-order valence-corrected chi connectivity index (χ2v) is 4.55. The lowest BCUT2D eigenvalue weighted by atomic mass is 10.1. The molecular weight excluding hydrogens is 271 g/mol. The molecule has 1 aromatic heterocycles. The van der Waals surface area contributed by atoms with E-state index in [1.165, 1.54) is 4.57 Å². The van der Waals surface area contributed by atoms with Gasteiger partial charge in [-0.05, 0) is 12.5 Å². The maximum atomic E-state index is 12.7. The molecule has 1 aromatic carbocycles. The minimum Gasteiger partial charge on any atom is -0.478 e. The molecule has 0 saturated carbocycles. The van der Waals surface area contributed by atoms with Crippen LogP contribution in [0.3, 0.4) is 0 Å². The Morgan fingerprint density at radius 2 is 1.80 bits per heavy atom. The van der Waals surface area contributed by atoms with Gasteiger partial charge in [0.25, 0.3) is 0 Å². The van der Waals surface area contributed by atoms with Gasteiger partial charge in [-0.1, -0.05) is 29.8 Å². The molecular formula is C14H12F3NO2. The molecule has 2 aromatic rings. The highest BCUT2D eigenvalue weighted by atomic mass is 19.4. The highest BCUT2D eigenvalue weighted by Crippen LogP contribution is 2.32. The molecule has 6 heteroatoms. The molecule has 0 aliphatic heterocycles. The Morgan fingerprint density at radius 1 is 1.20 bits per heavy atom. The van der Waals surface area contributed by atoms with Crippen molar-refractivity contribution in [3.8, 4) is 0 Å².